The van der Waals surface area contributed by atoms with E-state index < -0.39 is 0 Å². The zero-order valence-electron chi connectivity index (χ0n) is 17.2. The first-order valence-corrected chi connectivity index (χ1v) is 12.9. The van der Waals surface area contributed by atoms with E-state index in [0.29, 0.717) is 26.4 Å². The molecule has 0 aliphatic carbocycles. The van der Waals surface area contributed by atoms with Crippen molar-refractivity contribution in [1.82, 2.24) is 0 Å². The second-order valence-electron chi connectivity index (χ2n) is 7.61. The summed E-state index contributed by atoms with van der Waals surface area (Å²) >= 11 is 8.72. The number of thiophene rings is 1. The lowest BCUT2D eigenvalue weighted by molar-refractivity contribution is -0.0606. The quantitative estimate of drug-likeness (QED) is 0.233. The van der Waals surface area contributed by atoms with Crippen LogP contribution in [0, 0.1) is 5.41 Å². The topological polar surface area (TPSA) is 36.9 Å². The van der Waals surface area contributed by atoms with Gasteiger partial charge in [0.2, 0.25) is 0 Å². The van der Waals surface area contributed by atoms with Gasteiger partial charge in [-0.15, -0.1) is 11.3 Å². The molecule has 0 aromatic carbocycles. The Balaban J connectivity index is 1.89. The van der Waals surface area contributed by atoms with Crippen molar-refractivity contribution in [3.63, 3.8) is 0 Å². The minimum absolute atomic E-state index is 0.287. The summed E-state index contributed by atoms with van der Waals surface area (Å²) in [5.74, 6) is 1.56. The predicted octanol–water partition coefficient (Wildman–Crippen LogP) is 7.22. The van der Waals surface area contributed by atoms with E-state index in [1.165, 1.54) is 38.5 Å². The molecule has 28 heavy (non-hydrogen) atoms. The van der Waals surface area contributed by atoms with Crippen molar-refractivity contribution in [2.75, 3.05) is 39.6 Å². The predicted molar refractivity (Wildman–Crippen MR) is 123 cm³/mol. The monoisotopic (exact) mass is 540 g/mol. The maximum absolute atomic E-state index is 6.16. The van der Waals surface area contributed by atoms with Gasteiger partial charge >= 0.3 is 0 Å². The summed E-state index contributed by atoms with van der Waals surface area (Å²) < 4.78 is 26.3. The Morgan fingerprint density at radius 2 is 1.25 bits per heavy atom. The van der Waals surface area contributed by atoms with Gasteiger partial charge in [0.1, 0.15) is 20.8 Å². The minimum Gasteiger partial charge on any atom is -0.487 e. The molecule has 2 rings (SSSR count). The van der Waals surface area contributed by atoms with Crippen LogP contribution < -0.4 is 9.47 Å². The number of fused-ring (bicyclic) bond motifs is 1. The first-order chi connectivity index (χ1) is 13.6. The third-order valence-corrected chi connectivity index (χ3v) is 7.31. The lowest BCUT2D eigenvalue weighted by Gasteiger charge is -2.30. The number of hydrogen-bond donors (Lipinski definition) is 0. The summed E-state index contributed by atoms with van der Waals surface area (Å²) in [5, 5.41) is 0. The number of hydrogen-bond acceptors (Lipinski definition) is 5. The van der Waals surface area contributed by atoms with Crippen LogP contribution in [-0.4, -0.2) is 39.6 Å². The van der Waals surface area contributed by atoms with Crippen LogP contribution in [0.25, 0.3) is 0 Å². The van der Waals surface area contributed by atoms with Crippen LogP contribution in [0.15, 0.2) is 7.57 Å². The van der Waals surface area contributed by atoms with Crippen molar-refractivity contribution in [2.45, 2.75) is 65.2 Å². The zero-order chi connectivity index (χ0) is 20.2. The van der Waals surface area contributed by atoms with E-state index in [1.807, 2.05) is 0 Å². The van der Waals surface area contributed by atoms with E-state index in [4.69, 9.17) is 18.9 Å². The third-order valence-electron chi connectivity index (χ3n) is 4.89. The van der Waals surface area contributed by atoms with Gasteiger partial charge in [-0.2, -0.15) is 0 Å². The van der Waals surface area contributed by atoms with Crippen molar-refractivity contribution in [1.29, 1.82) is 0 Å². The number of unbranched alkanes of at least 4 members (excludes halogenated alkanes) is 6. The van der Waals surface area contributed by atoms with Crippen molar-refractivity contribution < 1.29 is 18.9 Å². The largest absolute Gasteiger partial charge is 0.487 e. The van der Waals surface area contributed by atoms with Crippen LogP contribution in [-0.2, 0) is 9.47 Å². The van der Waals surface area contributed by atoms with Crippen LogP contribution in [0.1, 0.15) is 65.2 Å². The van der Waals surface area contributed by atoms with E-state index in [2.05, 4.69) is 45.7 Å². The van der Waals surface area contributed by atoms with E-state index in [-0.39, 0.29) is 5.41 Å². The van der Waals surface area contributed by atoms with Gasteiger partial charge in [-0.25, -0.2) is 0 Å². The fraction of sp³-hybridized carbons (Fsp3) is 0.810. The minimum atomic E-state index is -0.287. The van der Waals surface area contributed by atoms with Crippen molar-refractivity contribution in [3.05, 3.63) is 7.57 Å². The van der Waals surface area contributed by atoms with Gasteiger partial charge in [-0.05, 0) is 44.7 Å². The SMILES string of the molecule is CCCCCCOCC1(COCCCCCC)COc2c(Br)sc(Br)c2OC1. The average molecular weight is 542 g/mol. The Morgan fingerprint density at radius 1 is 0.786 bits per heavy atom. The first kappa shape index (κ1) is 24.4. The highest BCUT2D eigenvalue weighted by Gasteiger charge is 2.38. The molecule has 1 aromatic heterocycles. The fourth-order valence-electron chi connectivity index (χ4n) is 3.13. The van der Waals surface area contributed by atoms with Gasteiger partial charge in [0.05, 0.1) is 18.6 Å². The smallest absolute Gasteiger partial charge is 0.187 e. The molecule has 0 saturated carbocycles. The van der Waals surface area contributed by atoms with Gasteiger partial charge in [-0.3, -0.25) is 0 Å². The molecule has 1 aromatic rings. The van der Waals surface area contributed by atoms with Crippen LogP contribution in [0.2, 0.25) is 0 Å². The Morgan fingerprint density at radius 3 is 1.68 bits per heavy atom. The summed E-state index contributed by atoms with van der Waals surface area (Å²) in [7, 11) is 0. The third kappa shape index (κ3) is 7.78. The molecule has 0 spiro atoms. The molecule has 0 fully saturated rings. The molecule has 7 heteroatoms. The fourth-order valence-corrected chi connectivity index (χ4v) is 5.99. The second kappa shape index (κ2) is 13.5. The zero-order valence-corrected chi connectivity index (χ0v) is 21.2. The van der Waals surface area contributed by atoms with Gasteiger partial charge in [0.15, 0.2) is 11.5 Å². The van der Waals surface area contributed by atoms with Crippen LogP contribution in [0.5, 0.6) is 11.5 Å². The normalized spacial score (nSPS) is 15.6. The standard InChI is InChI=1S/C21H34Br2O4S/c1-3-5-7-9-11-24-13-21(14-25-12-10-8-6-4-2)15-26-17-18(27-16-21)20(23)28-19(17)22/h3-16H2,1-2H3. The molecule has 0 atom stereocenters. The Labute approximate surface area is 190 Å². The Kier molecular flexibility index (Phi) is 11.8. The summed E-state index contributed by atoms with van der Waals surface area (Å²) in [5.41, 5.74) is -0.287. The number of ether oxygens (including phenoxy) is 4. The Bertz CT molecular complexity index is 518. The van der Waals surface area contributed by atoms with Gasteiger partial charge < -0.3 is 18.9 Å². The summed E-state index contributed by atoms with van der Waals surface area (Å²) in [4.78, 5) is 0. The molecule has 2 heterocycles. The van der Waals surface area contributed by atoms with Gasteiger partial charge in [0, 0.05) is 13.2 Å². The van der Waals surface area contributed by atoms with Gasteiger partial charge in [-0.1, -0.05) is 52.4 Å². The highest BCUT2D eigenvalue weighted by molar-refractivity contribution is 9.12. The molecule has 0 radical (unpaired) electrons. The molecule has 0 N–H and O–H groups in total. The lowest BCUT2D eigenvalue weighted by atomic mass is 9.92. The number of rotatable bonds is 14. The summed E-state index contributed by atoms with van der Waals surface area (Å²) in [6.07, 6.45) is 9.67. The van der Waals surface area contributed by atoms with E-state index in [9.17, 15) is 0 Å². The van der Waals surface area contributed by atoms with Crippen LogP contribution in [0.4, 0.5) is 0 Å². The molecular formula is C21H34Br2O4S. The van der Waals surface area contributed by atoms with E-state index in [0.717, 1.165) is 45.1 Å². The summed E-state index contributed by atoms with van der Waals surface area (Å²) in [6, 6.07) is 0. The van der Waals surface area contributed by atoms with Crippen molar-refractivity contribution in [2.24, 2.45) is 5.41 Å². The van der Waals surface area contributed by atoms with Crippen molar-refractivity contribution >= 4 is 43.2 Å². The maximum atomic E-state index is 6.16. The van der Waals surface area contributed by atoms with E-state index >= 15 is 0 Å². The van der Waals surface area contributed by atoms with E-state index in [1.54, 1.807) is 11.3 Å². The summed E-state index contributed by atoms with van der Waals surface area (Å²) in [6.45, 7) is 8.27. The molecule has 4 nitrogen and oxygen atoms in total. The molecule has 1 aliphatic rings. The van der Waals surface area contributed by atoms with Crippen LogP contribution in [0.3, 0.4) is 0 Å². The number of halogens is 2. The highest BCUT2D eigenvalue weighted by Crippen LogP contribution is 2.50. The average Bonchev–Trinajstić information content (AvgIpc) is 2.84. The lowest BCUT2D eigenvalue weighted by Crippen LogP contribution is -2.42. The molecule has 0 unspecified atom stereocenters. The first-order valence-electron chi connectivity index (χ1n) is 10.5. The maximum Gasteiger partial charge on any atom is 0.187 e. The molecule has 0 saturated heterocycles. The van der Waals surface area contributed by atoms with Crippen LogP contribution >= 0.6 is 43.2 Å². The van der Waals surface area contributed by atoms with Gasteiger partial charge in [0.25, 0.3) is 0 Å². The Hall–Kier alpha value is 0.180. The molecule has 0 amide bonds. The molecular weight excluding hydrogens is 508 g/mol. The second-order valence-corrected chi connectivity index (χ2v) is 11.3. The van der Waals surface area contributed by atoms with Crippen molar-refractivity contribution in [3.8, 4) is 11.5 Å². The highest BCUT2D eigenvalue weighted by atomic mass is 79.9. The molecule has 162 valence electrons. The molecule has 1 aliphatic heterocycles. The molecule has 0 bridgehead atoms.